The molecule has 21 heavy (non-hydrogen) atoms. The van der Waals surface area contributed by atoms with Gasteiger partial charge >= 0.3 is 5.97 Å². The molecule has 0 radical (unpaired) electrons. The van der Waals surface area contributed by atoms with Gasteiger partial charge in [-0.15, -0.1) is 0 Å². The molecule has 2 rings (SSSR count). The lowest BCUT2D eigenvalue weighted by Gasteiger charge is -2.35. The highest BCUT2D eigenvalue weighted by molar-refractivity contribution is 7.86. The zero-order valence-electron chi connectivity index (χ0n) is 12.4. The van der Waals surface area contributed by atoms with E-state index in [9.17, 15) is 23.4 Å². The highest BCUT2D eigenvalue weighted by Gasteiger charge is 2.41. The molecule has 2 unspecified atom stereocenters. The molecule has 8 heteroatoms. The van der Waals surface area contributed by atoms with Crippen LogP contribution in [0.1, 0.15) is 45.4 Å². The van der Waals surface area contributed by atoms with Gasteiger partial charge in [-0.2, -0.15) is 17.0 Å². The summed E-state index contributed by atoms with van der Waals surface area (Å²) < 4.78 is 27.9. The molecular formula is C13H24N2O5S. The second-order valence-corrected chi connectivity index (χ2v) is 8.10. The van der Waals surface area contributed by atoms with Gasteiger partial charge in [-0.25, -0.2) is 0 Å². The fraction of sp³-hybridized carbons (Fsp3) is 0.923. The maximum atomic E-state index is 12.7. The van der Waals surface area contributed by atoms with E-state index in [1.807, 2.05) is 0 Å². The van der Waals surface area contributed by atoms with Gasteiger partial charge in [-0.05, 0) is 45.4 Å². The van der Waals surface area contributed by atoms with Gasteiger partial charge in [-0.1, -0.05) is 0 Å². The zero-order valence-corrected chi connectivity index (χ0v) is 13.2. The molecule has 7 nitrogen and oxygen atoms in total. The maximum absolute atomic E-state index is 12.7. The van der Waals surface area contributed by atoms with Crippen LogP contribution in [0.2, 0.25) is 0 Å². The van der Waals surface area contributed by atoms with Gasteiger partial charge < -0.3 is 10.2 Å². The Kier molecular flexibility index (Phi) is 4.92. The number of hydrogen-bond acceptors (Lipinski definition) is 4. The Morgan fingerprint density at radius 3 is 2.52 bits per heavy atom. The average Bonchev–Trinajstić information content (AvgIpc) is 2.60. The van der Waals surface area contributed by atoms with Crippen LogP contribution >= 0.6 is 0 Å². The fourth-order valence-corrected chi connectivity index (χ4v) is 4.90. The molecule has 2 fully saturated rings. The molecule has 2 N–H and O–H groups in total. The van der Waals surface area contributed by atoms with Crippen LogP contribution in [0.4, 0.5) is 0 Å². The minimum Gasteiger partial charge on any atom is -0.480 e. The first-order valence-corrected chi connectivity index (χ1v) is 8.86. The molecule has 0 aromatic heterocycles. The van der Waals surface area contributed by atoms with Crippen molar-refractivity contribution in [1.82, 2.24) is 8.61 Å². The summed E-state index contributed by atoms with van der Waals surface area (Å²) in [5.74, 6) is -1.08. The van der Waals surface area contributed by atoms with Crippen LogP contribution < -0.4 is 0 Å². The van der Waals surface area contributed by atoms with E-state index in [0.717, 1.165) is 10.7 Å². The normalized spacial score (nSPS) is 33.5. The van der Waals surface area contributed by atoms with Crippen molar-refractivity contribution in [2.24, 2.45) is 0 Å². The first-order chi connectivity index (χ1) is 9.74. The summed E-state index contributed by atoms with van der Waals surface area (Å²) in [6.45, 7) is 2.54. The summed E-state index contributed by atoms with van der Waals surface area (Å²) in [5, 5.41) is 19.3. The summed E-state index contributed by atoms with van der Waals surface area (Å²) in [6, 6.07) is -0.965. The Morgan fingerprint density at radius 1 is 1.14 bits per heavy atom. The van der Waals surface area contributed by atoms with Crippen molar-refractivity contribution in [3.05, 3.63) is 0 Å². The predicted octanol–water partition coefficient (Wildman–Crippen LogP) is 0.407. The van der Waals surface area contributed by atoms with Crippen LogP contribution in [-0.4, -0.2) is 64.5 Å². The summed E-state index contributed by atoms with van der Waals surface area (Å²) in [5.41, 5.74) is -0.849. The second kappa shape index (κ2) is 6.20. The van der Waals surface area contributed by atoms with E-state index >= 15 is 0 Å². The highest BCUT2D eigenvalue weighted by atomic mass is 32.2. The topological polar surface area (TPSA) is 98.2 Å². The summed E-state index contributed by atoms with van der Waals surface area (Å²) in [7, 11) is -3.78. The molecule has 0 saturated carbocycles. The molecule has 0 amide bonds. The minimum atomic E-state index is -3.78. The number of aliphatic carboxylic acids is 1. The van der Waals surface area contributed by atoms with Crippen LogP contribution in [0, 0.1) is 0 Å². The van der Waals surface area contributed by atoms with Crippen molar-refractivity contribution < 1.29 is 23.4 Å². The molecule has 0 aromatic carbocycles. The number of nitrogens with zero attached hydrogens (tertiary/aromatic N) is 2. The number of hydrogen-bond donors (Lipinski definition) is 2. The summed E-state index contributed by atoms with van der Waals surface area (Å²) >= 11 is 0. The number of rotatable bonds is 3. The van der Waals surface area contributed by atoms with E-state index in [1.54, 1.807) is 6.92 Å². The third kappa shape index (κ3) is 3.74. The predicted molar refractivity (Wildman–Crippen MR) is 76.9 cm³/mol. The smallest absolute Gasteiger partial charge is 0.322 e. The molecule has 2 aliphatic heterocycles. The Balaban J connectivity index is 2.18. The monoisotopic (exact) mass is 320 g/mol. The van der Waals surface area contributed by atoms with Crippen molar-refractivity contribution >= 4 is 16.2 Å². The third-order valence-electron chi connectivity index (χ3n) is 4.38. The lowest BCUT2D eigenvalue weighted by atomic mass is 9.98. The summed E-state index contributed by atoms with van der Waals surface area (Å²) in [6.07, 6.45) is 3.30. The Morgan fingerprint density at radius 2 is 1.86 bits per heavy atom. The Labute approximate surface area is 125 Å². The van der Waals surface area contributed by atoms with Crippen LogP contribution in [0.15, 0.2) is 0 Å². The van der Waals surface area contributed by atoms with E-state index in [4.69, 9.17) is 0 Å². The first-order valence-electron chi connectivity index (χ1n) is 7.46. The maximum Gasteiger partial charge on any atom is 0.322 e. The van der Waals surface area contributed by atoms with E-state index in [-0.39, 0.29) is 13.1 Å². The number of aliphatic hydroxyl groups is 1. The number of carboxylic acid groups (broad SMARTS) is 1. The SMILES string of the molecule is CC1(O)CCCN(S(=O)(=O)N2CCCCC2C(=O)O)CC1. The van der Waals surface area contributed by atoms with Gasteiger partial charge in [0.2, 0.25) is 0 Å². The number of carboxylic acids is 1. The molecule has 0 aliphatic carbocycles. The molecule has 122 valence electrons. The number of piperidine rings is 1. The molecule has 2 aliphatic rings. The number of carbonyl (C=O) groups is 1. The van der Waals surface area contributed by atoms with Gasteiger partial charge in [0.1, 0.15) is 6.04 Å². The van der Waals surface area contributed by atoms with Gasteiger partial charge in [0.25, 0.3) is 10.2 Å². The standard InChI is InChI=1S/C13H24N2O5S/c1-13(18)6-4-8-14(10-7-13)21(19,20)15-9-3-2-5-11(15)12(16)17/h11,18H,2-10H2,1H3,(H,16,17). The van der Waals surface area contributed by atoms with Crippen molar-refractivity contribution in [2.75, 3.05) is 19.6 Å². The highest BCUT2D eigenvalue weighted by Crippen LogP contribution is 2.27. The molecule has 2 heterocycles. The van der Waals surface area contributed by atoms with Crippen LogP contribution in [0.5, 0.6) is 0 Å². The minimum absolute atomic E-state index is 0.234. The molecular weight excluding hydrogens is 296 g/mol. The molecule has 2 atom stereocenters. The largest absolute Gasteiger partial charge is 0.480 e. The van der Waals surface area contributed by atoms with Crippen molar-refractivity contribution in [2.45, 2.75) is 57.1 Å². The van der Waals surface area contributed by atoms with Gasteiger partial charge in [0.15, 0.2) is 0 Å². The van der Waals surface area contributed by atoms with Gasteiger partial charge in [0, 0.05) is 19.6 Å². The van der Waals surface area contributed by atoms with E-state index in [2.05, 4.69) is 0 Å². The van der Waals surface area contributed by atoms with E-state index < -0.39 is 27.8 Å². The van der Waals surface area contributed by atoms with Crippen molar-refractivity contribution in [3.8, 4) is 0 Å². The van der Waals surface area contributed by atoms with E-state index in [0.29, 0.717) is 38.6 Å². The fourth-order valence-electron chi connectivity index (χ4n) is 3.05. The van der Waals surface area contributed by atoms with Crippen molar-refractivity contribution in [3.63, 3.8) is 0 Å². The quantitative estimate of drug-likeness (QED) is 0.785. The van der Waals surface area contributed by atoms with Crippen LogP contribution in [0.3, 0.4) is 0 Å². The average molecular weight is 320 g/mol. The van der Waals surface area contributed by atoms with Crippen LogP contribution in [-0.2, 0) is 15.0 Å². The molecule has 0 spiro atoms. The summed E-state index contributed by atoms with van der Waals surface area (Å²) in [4.78, 5) is 11.3. The second-order valence-electron chi connectivity index (χ2n) is 6.22. The van der Waals surface area contributed by atoms with Crippen LogP contribution in [0.25, 0.3) is 0 Å². The lowest BCUT2D eigenvalue weighted by Crippen LogP contribution is -2.53. The van der Waals surface area contributed by atoms with Gasteiger partial charge in [0.05, 0.1) is 5.60 Å². The van der Waals surface area contributed by atoms with Gasteiger partial charge in [-0.3, -0.25) is 4.79 Å². The molecule has 0 bridgehead atoms. The Hall–Kier alpha value is -0.700. The van der Waals surface area contributed by atoms with Crippen molar-refractivity contribution in [1.29, 1.82) is 0 Å². The lowest BCUT2D eigenvalue weighted by molar-refractivity contribution is -0.142. The van der Waals surface area contributed by atoms with E-state index in [1.165, 1.54) is 4.31 Å². The Bertz CT molecular complexity index is 491. The zero-order chi connectivity index (χ0) is 15.7. The third-order valence-corrected chi connectivity index (χ3v) is 6.43. The molecule has 0 aromatic rings. The first kappa shape index (κ1) is 16.7. The molecule has 2 saturated heterocycles.